The zero-order chi connectivity index (χ0) is 12.4. The van der Waals surface area contributed by atoms with Crippen LogP contribution in [-0.2, 0) is 6.54 Å². The number of hydrogen-bond acceptors (Lipinski definition) is 3. The molecule has 0 radical (unpaired) electrons. The van der Waals surface area contributed by atoms with E-state index >= 15 is 0 Å². The van der Waals surface area contributed by atoms with Gasteiger partial charge in [0.05, 0.1) is 11.0 Å². The minimum Gasteiger partial charge on any atom is -0.369 e. The molecule has 1 heterocycles. The summed E-state index contributed by atoms with van der Waals surface area (Å²) < 4.78 is 1.86. The number of nitrogens with two attached hydrogens (primary N) is 2. The smallest absolute Gasteiger partial charge is 0.312 e. The highest BCUT2D eigenvalue weighted by Crippen LogP contribution is 2.18. The first-order valence-corrected chi connectivity index (χ1v) is 5.33. The number of amides is 2. The van der Waals surface area contributed by atoms with E-state index in [0.717, 1.165) is 16.6 Å². The third-order valence-electron chi connectivity index (χ3n) is 2.57. The van der Waals surface area contributed by atoms with Crippen molar-refractivity contribution in [1.29, 1.82) is 0 Å². The van der Waals surface area contributed by atoms with Crippen molar-refractivity contribution in [3.63, 3.8) is 0 Å². The van der Waals surface area contributed by atoms with Crippen LogP contribution in [0, 0.1) is 6.92 Å². The van der Waals surface area contributed by atoms with Crippen LogP contribution in [0.5, 0.6) is 0 Å². The molecule has 0 saturated carbocycles. The molecule has 2 rings (SSSR count). The number of nitrogen functional groups attached to an aromatic ring is 1. The number of anilines is 1. The highest BCUT2D eigenvalue weighted by atomic mass is 16.2. The molecular formula is C11H15N5O. The van der Waals surface area contributed by atoms with E-state index in [0.29, 0.717) is 19.0 Å². The van der Waals surface area contributed by atoms with Crippen LogP contribution < -0.4 is 16.8 Å². The Morgan fingerprint density at radius 3 is 3.00 bits per heavy atom. The van der Waals surface area contributed by atoms with Gasteiger partial charge in [-0.05, 0) is 24.6 Å². The van der Waals surface area contributed by atoms with E-state index in [4.69, 9.17) is 11.5 Å². The first-order valence-electron chi connectivity index (χ1n) is 5.33. The van der Waals surface area contributed by atoms with Crippen molar-refractivity contribution in [3.05, 3.63) is 23.8 Å². The van der Waals surface area contributed by atoms with Gasteiger partial charge < -0.3 is 21.4 Å². The first-order chi connectivity index (χ1) is 8.08. The topological polar surface area (TPSA) is 99.0 Å². The molecule has 0 aliphatic rings. The van der Waals surface area contributed by atoms with Crippen molar-refractivity contribution in [2.45, 2.75) is 13.5 Å². The molecule has 90 valence electrons. The van der Waals surface area contributed by atoms with Crippen molar-refractivity contribution >= 4 is 23.0 Å². The molecule has 5 N–H and O–H groups in total. The van der Waals surface area contributed by atoms with Crippen LogP contribution in [-0.4, -0.2) is 22.1 Å². The Balaban J connectivity index is 2.28. The molecule has 0 unspecified atom stereocenters. The maximum atomic E-state index is 10.6. The number of carbonyl (C=O) groups is 1. The van der Waals surface area contributed by atoms with Gasteiger partial charge in [0.25, 0.3) is 0 Å². The fraction of sp³-hybridized carbons (Fsp3) is 0.273. The second kappa shape index (κ2) is 4.32. The number of carbonyl (C=O) groups excluding carboxylic acids is 1. The Morgan fingerprint density at radius 2 is 2.29 bits per heavy atom. The normalized spacial score (nSPS) is 10.6. The lowest BCUT2D eigenvalue weighted by atomic mass is 10.2. The van der Waals surface area contributed by atoms with Gasteiger partial charge in [0.15, 0.2) is 0 Å². The maximum absolute atomic E-state index is 10.6. The minimum atomic E-state index is -0.538. The van der Waals surface area contributed by atoms with Crippen molar-refractivity contribution in [3.8, 4) is 0 Å². The number of aryl methyl sites for hydroxylation is 1. The first kappa shape index (κ1) is 11.3. The summed E-state index contributed by atoms with van der Waals surface area (Å²) in [4.78, 5) is 14.8. The number of nitrogens with one attached hydrogen (secondary N) is 1. The van der Waals surface area contributed by atoms with Crippen molar-refractivity contribution < 1.29 is 4.79 Å². The predicted molar refractivity (Wildman–Crippen MR) is 66.5 cm³/mol. The van der Waals surface area contributed by atoms with Crippen molar-refractivity contribution in [1.82, 2.24) is 14.9 Å². The lowest BCUT2D eigenvalue weighted by Crippen LogP contribution is -2.32. The van der Waals surface area contributed by atoms with E-state index in [2.05, 4.69) is 10.3 Å². The van der Waals surface area contributed by atoms with Crippen molar-refractivity contribution in [2.75, 3.05) is 12.3 Å². The van der Waals surface area contributed by atoms with Gasteiger partial charge in [-0.1, -0.05) is 6.07 Å². The Kier molecular flexibility index (Phi) is 2.86. The molecule has 0 spiro atoms. The summed E-state index contributed by atoms with van der Waals surface area (Å²) in [5.74, 6) is 0.442. The molecule has 0 fully saturated rings. The summed E-state index contributed by atoms with van der Waals surface area (Å²) in [6.07, 6.45) is 0. The van der Waals surface area contributed by atoms with Crippen LogP contribution in [0.4, 0.5) is 10.7 Å². The molecule has 1 aromatic heterocycles. The van der Waals surface area contributed by atoms with Gasteiger partial charge in [0.2, 0.25) is 5.95 Å². The Labute approximate surface area is 98.6 Å². The quantitative estimate of drug-likeness (QED) is 0.723. The average Bonchev–Trinajstić information content (AvgIpc) is 2.55. The predicted octanol–water partition coefficient (Wildman–Crippen LogP) is 0.595. The number of fused-ring (bicyclic) bond motifs is 1. The molecule has 6 heteroatoms. The standard InChI is InChI=1S/C11H15N5O/c1-7-2-3-8-9(6-7)16(10(12)15-8)5-4-14-11(13)17/h2-3,6H,4-5H2,1H3,(H2,12,15)(H3,13,14,17). The third-order valence-corrected chi connectivity index (χ3v) is 2.57. The van der Waals surface area contributed by atoms with Gasteiger partial charge in [0.1, 0.15) is 0 Å². The number of urea groups is 1. The second-order valence-corrected chi connectivity index (χ2v) is 3.90. The minimum absolute atomic E-state index is 0.429. The van der Waals surface area contributed by atoms with E-state index in [1.54, 1.807) is 0 Å². The zero-order valence-corrected chi connectivity index (χ0v) is 9.60. The number of hydrogen-bond donors (Lipinski definition) is 3. The molecule has 0 aliphatic carbocycles. The zero-order valence-electron chi connectivity index (χ0n) is 9.60. The van der Waals surface area contributed by atoms with Crippen LogP contribution in [0.1, 0.15) is 5.56 Å². The SMILES string of the molecule is Cc1ccc2nc(N)n(CCNC(N)=O)c2c1. The monoisotopic (exact) mass is 233 g/mol. The largest absolute Gasteiger partial charge is 0.369 e. The van der Waals surface area contributed by atoms with Crippen LogP contribution in [0.15, 0.2) is 18.2 Å². The number of primary amides is 1. The van der Waals surface area contributed by atoms with Crippen LogP contribution in [0.25, 0.3) is 11.0 Å². The van der Waals surface area contributed by atoms with Gasteiger partial charge >= 0.3 is 6.03 Å². The van der Waals surface area contributed by atoms with E-state index in [9.17, 15) is 4.79 Å². The third kappa shape index (κ3) is 2.30. The Hall–Kier alpha value is -2.24. The van der Waals surface area contributed by atoms with Crippen LogP contribution in [0.2, 0.25) is 0 Å². The molecule has 17 heavy (non-hydrogen) atoms. The van der Waals surface area contributed by atoms with Gasteiger partial charge in [-0.3, -0.25) is 0 Å². The van der Waals surface area contributed by atoms with Crippen LogP contribution in [0.3, 0.4) is 0 Å². The molecule has 0 saturated heterocycles. The summed E-state index contributed by atoms with van der Waals surface area (Å²) in [5, 5.41) is 2.53. The number of aromatic nitrogens is 2. The number of benzene rings is 1. The summed E-state index contributed by atoms with van der Waals surface area (Å²) in [6, 6.07) is 5.40. The molecule has 2 aromatic rings. The fourth-order valence-electron chi connectivity index (χ4n) is 1.78. The highest BCUT2D eigenvalue weighted by Gasteiger charge is 2.07. The molecule has 0 aliphatic heterocycles. The lowest BCUT2D eigenvalue weighted by molar-refractivity contribution is 0.248. The molecule has 1 aromatic carbocycles. The number of nitrogens with zero attached hydrogens (tertiary/aromatic N) is 2. The summed E-state index contributed by atoms with van der Waals surface area (Å²) in [5.41, 5.74) is 13.8. The lowest BCUT2D eigenvalue weighted by Gasteiger charge is -2.06. The van der Waals surface area contributed by atoms with E-state index in [-0.39, 0.29) is 0 Å². The van der Waals surface area contributed by atoms with Crippen molar-refractivity contribution in [2.24, 2.45) is 5.73 Å². The van der Waals surface area contributed by atoms with Gasteiger partial charge in [-0.25, -0.2) is 9.78 Å². The Morgan fingerprint density at radius 1 is 1.53 bits per heavy atom. The van der Waals surface area contributed by atoms with E-state index in [1.165, 1.54) is 0 Å². The maximum Gasteiger partial charge on any atom is 0.312 e. The second-order valence-electron chi connectivity index (χ2n) is 3.90. The van der Waals surface area contributed by atoms with E-state index < -0.39 is 6.03 Å². The van der Waals surface area contributed by atoms with Gasteiger partial charge in [-0.15, -0.1) is 0 Å². The molecule has 2 amide bonds. The molecule has 6 nitrogen and oxygen atoms in total. The Bertz CT molecular complexity index is 560. The average molecular weight is 233 g/mol. The van der Waals surface area contributed by atoms with Gasteiger partial charge in [0, 0.05) is 13.1 Å². The number of rotatable bonds is 3. The van der Waals surface area contributed by atoms with E-state index in [1.807, 2.05) is 29.7 Å². The fourth-order valence-corrected chi connectivity index (χ4v) is 1.78. The summed E-state index contributed by atoms with van der Waals surface area (Å²) >= 11 is 0. The highest BCUT2D eigenvalue weighted by molar-refractivity contribution is 5.79. The van der Waals surface area contributed by atoms with Crippen LogP contribution >= 0.6 is 0 Å². The number of imidazole rings is 1. The summed E-state index contributed by atoms with van der Waals surface area (Å²) in [6.45, 7) is 2.99. The van der Waals surface area contributed by atoms with Gasteiger partial charge in [-0.2, -0.15) is 0 Å². The summed E-state index contributed by atoms with van der Waals surface area (Å²) in [7, 11) is 0. The molecule has 0 atom stereocenters. The molecule has 0 bridgehead atoms. The molecular weight excluding hydrogens is 218 g/mol.